The highest BCUT2D eigenvalue weighted by Crippen LogP contribution is 2.21. The highest BCUT2D eigenvalue weighted by atomic mass is 79.9. The zero-order valence-corrected chi connectivity index (χ0v) is 13.7. The van der Waals surface area contributed by atoms with Crippen molar-refractivity contribution in [3.8, 4) is 0 Å². The quantitative estimate of drug-likeness (QED) is 0.617. The first-order valence-electron chi connectivity index (χ1n) is 6.32. The van der Waals surface area contributed by atoms with Crippen LogP contribution < -0.4 is 11.1 Å². The lowest BCUT2D eigenvalue weighted by Crippen LogP contribution is -2.11. The third-order valence-electron chi connectivity index (χ3n) is 2.89. The van der Waals surface area contributed by atoms with E-state index in [1.54, 1.807) is 0 Å². The molecule has 0 atom stereocenters. The predicted octanol–water partition coefficient (Wildman–Crippen LogP) is 3.07. The fourth-order valence-electron chi connectivity index (χ4n) is 1.84. The number of rotatable bonds is 6. The van der Waals surface area contributed by atoms with Crippen LogP contribution in [0.1, 0.15) is 11.3 Å². The Morgan fingerprint density at radius 1 is 1.35 bits per heavy atom. The summed E-state index contributed by atoms with van der Waals surface area (Å²) in [6.07, 6.45) is 4.69. The Bertz CT molecular complexity index is 577. The molecular weight excluding hydrogens is 336 g/mol. The maximum Gasteiger partial charge on any atom is 0.187 e. The molecule has 6 heteroatoms. The van der Waals surface area contributed by atoms with Gasteiger partial charge in [0.05, 0.1) is 5.69 Å². The van der Waals surface area contributed by atoms with Crippen LogP contribution >= 0.6 is 27.7 Å². The van der Waals surface area contributed by atoms with Crippen molar-refractivity contribution in [3.63, 3.8) is 0 Å². The number of halogens is 1. The molecular formula is C14H17BrN4S. The molecule has 1 aromatic heterocycles. The molecule has 0 saturated heterocycles. The Hall–Kier alpha value is -1.11. The third kappa shape index (κ3) is 3.94. The summed E-state index contributed by atoms with van der Waals surface area (Å²) < 4.78 is 1.06. The van der Waals surface area contributed by atoms with Crippen molar-refractivity contribution in [2.45, 2.75) is 18.1 Å². The zero-order chi connectivity index (χ0) is 14.4. The number of anilines is 1. The van der Waals surface area contributed by atoms with Crippen molar-refractivity contribution < 1.29 is 0 Å². The minimum absolute atomic E-state index is 0.445. The van der Waals surface area contributed by atoms with Crippen LogP contribution in [0.15, 0.2) is 40.1 Å². The molecule has 0 aliphatic heterocycles. The summed E-state index contributed by atoms with van der Waals surface area (Å²) in [4.78, 5) is 8.75. The van der Waals surface area contributed by atoms with Crippen molar-refractivity contribution >= 4 is 33.4 Å². The molecule has 0 aliphatic rings. The number of nitrogens with two attached hydrogens (primary N) is 1. The number of hydrogen-bond acceptors (Lipinski definition) is 5. The second kappa shape index (κ2) is 7.61. The van der Waals surface area contributed by atoms with Crippen molar-refractivity contribution in [3.05, 3.63) is 46.2 Å². The fraction of sp³-hybridized carbons (Fsp3) is 0.286. The maximum atomic E-state index is 5.75. The molecule has 106 valence electrons. The number of thioether (sulfide) groups is 1. The highest BCUT2D eigenvalue weighted by molar-refractivity contribution is 9.10. The van der Waals surface area contributed by atoms with Crippen LogP contribution in [0.4, 0.5) is 5.69 Å². The van der Waals surface area contributed by atoms with E-state index in [9.17, 15) is 0 Å². The second-order valence-electron chi connectivity index (χ2n) is 4.19. The molecule has 0 spiro atoms. The first-order valence-corrected chi connectivity index (χ1v) is 8.33. The lowest BCUT2D eigenvalue weighted by Gasteiger charge is -2.10. The Labute approximate surface area is 131 Å². The largest absolute Gasteiger partial charge is 0.384 e. The van der Waals surface area contributed by atoms with Gasteiger partial charge in [-0.05, 0) is 46.3 Å². The molecule has 0 aliphatic carbocycles. The van der Waals surface area contributed by atoms with Crippen LogP contribution in [-0.4, -0.2) is 22.8 Å². The SMILES string of the molecule is CSc1ncc(CCNc2ccccc2Br)c(CN)n1. The summed E-state index contributed by atoms with van der Waals surface area (Å²) in [6.45, 7) is 1.26. The Morgan fingerprint density at radius 2 is 2.15 bits per heavy atom. The van der Waals surface area contributed by atoms with Gasteiger partial charge in [-0.25, -0.2) is 9.97 Å². The van der Waals surface area contributed by atoms with Crippen LogP contribution in [0.5, 0.6) is 0 Å². The van der Waals surface area contributed by atoms with E-state index in [2.05, 4.69) is 31.2 Å². The molecule has 0 bridgehead atoms. The van der Waals surface area contributed by atoms with Gasteiger partial charge in [0.25, 0.3) is 0 Å². The van der Waals surface area contributed by atoms with Crippen LogP contribution in [0.3, 0.4) is 0 Å². The van der Waals surface area contributed by atoms with Crippen LogP contribution in [-0.2, 0) is 13.0 Å². The second-order valence-corrected chi connectivity index (χ2v) is 5.82. The predicted molar refractivity (Wildman–Crippen MR) is 88.0 cm³/mol. The summed E-state index contributed by atoms with van der Waals surface area (Å²) in [5.74, 6) is 0. The normalized spacial score (nSPS) is 10.6. The molecule has 4 nitrogen and oxygen atoms in total. The van der Waals surface area contributed by atoms with Gasteiger partial charge in [0.15, 0.2) is 5.16 Å². The Morgan fingerprint density at radius 3 is 2.85 bits per heavy atom. The first kappa shape index (κ1) is 15.3. The molecule has 2 rings (SSSR count). The molecule has 3 N–H and O–H groups in total. The van der Waals surface area contributed by atoms with Gasteiger partial charge < -0.3 is 11.1 Å². The van der Waals surface area contributed by atoms with E-state index in [1.165, 1.54) is 11.8 Å². The molecule has 0 amide bonds. The van der Waals surface area contributed by atoms with Crippen molar-refractivity contribution in [2.75, 3.05) is 18.1 Å². The van der Waals surface area contributed by atoms with Gasteiger partial charge in [-0.1, -0.05) is 23.9 Å². The van der Waals surface area contributed by atoms with Gasteiger partial charge in [0.2, 0.25) is 0 Å². The average molecular weight is 353 g/mol. The van der Waals surface area contributed by atoms with Crippen molar-refractivity contribution in [2.24, 2.45) is 5.73 Å². The van der Waals surface area contributed by atoms with Gasteiger partial charge >= 0.3 is 0 Å². The van der Waals surface area contributed by atoms with E-state index in [-0.39, 0.29) is 0 Å². The van der Waals surface area contributed by atoms with Crippen LogP contribution in [0, 0.1) is 0 Å². The van der Waals surface area contributed by atoms with E-state index >= 15 is 0 Å². The van der Waals surface area contributed by atoms with Crippen molar-refractivity contribution in [1.82, 2.24) is 9.97 Å². The van der Waals surface area contributed by atoms with E-state index in [4.69, 9.17) is 5.73 Å². The third-order valence-corrected chi connectivity index (χ3v) is 4.15. The van der Waals surface area contributed by atoms with Crippen LogP contribution in [0.25, 0.3) is 0 Å². The molecule has 1 heterocycles. The standard InChI is InChI=1S/C14H17BrN4S/c1-20-14-18-9-10(13(8-16)19-14)6-7-17-12-5-3-2-4-11(12)15/h2-5,9,17H,6-8,16H2,1H3. The lowest BCUT2D eigenvalue weighted by molar-refractivity contribution is 0.827. The molecule has 0 fully saturated rings. The van der Waals surface area contributed by atoms with E-state index in [0.717, 1.165) is 39.5 Å². The minimum atomic E-state index is 0.445. The monoisotopic (exact) mass is 352 g/mol. The number of benzene rings is 1. The highest BCUT2D eigenvalue weighted by Gasteiger charge is 2.06. The number of nitrogens with zero attached hydrogens (tertiary/aromatic N) is 2. The zero-order valence-electron chi connectivity index (χ0n) is 11.3. The molecule has 20 heavy (non-hydrogen) atoms. The maximum absolute atomic E-state index is 5.75. The van der Waals surface area contributed by atoms with Crippen molar-refractivity contribution in [1.29, 1.82) is 0 Å². The number of nitrogens with one attached hydrogen (secondary N) is 1. The van der Waals surface area contributed by atoms with Gasteiger partial charge in [-0.15, -0.1) is 0 Å². The minimum Gasteiger partial charge on any atom is -0.384 e. The molecule has 0 radical (unpaired) electrons. The first-order chi connectivity index (χ1) is 9.74. The fourth-order valence-corrected chi connectivity index (χ4v) is 2.63. The summed E-state index contributed by atoms with van der Waals surface area (Å²) in [6, 6.07) is 8.07. The molecule has 0 unspecified atom stereocenters. The van der Waals surface area contributed by atoms with E-state index in [1.807, 2.05) is 36.7 Å². The molecule has 1 aromatic carbocycles. The summed E-state index contributed by atoms with van der Waals surface area (Å²) in [5.41, 5.74) is 8.87. The lowest BCUT2D eigenvalue weighted by atomic mass is 10.1. The van der Waals surface area contributed by atoms with Gasteiger partial charge in [-0.2, -0.15) is 0 Å². The number of hydrogen-bond donors (Lipinski definition) is 2. The Balaban J connectivity index is 1.99. The topological polar surface area (TPSA) is 63.8 Å². The van der Waals surface area contributed by atoms with E-state index in [0.29, 0.717) is 6.54 Å². The molecule has 0 saturated carbocycles. The Kier molecular flexibility index (Phi) is 5.82. The smallest absolute Gasteiger partial charge is 0.187 e. The number of aromatic nitrogens is 2. The average Bonchev–Trinajstić information content (AvgIpc) is 2.49. The van der Waals surface area contributed by atoms with Gasteiger partial charge in [-0.3, -0.25) is 0 Å². The van der Waals surface area contributed by atoms with Gasteiger partial charge in [0.1, 0.15) is 0 Å². The number of para-hydroxylation sites is 1. The van der Waals surface area contributed by atoms with Gasteiger partial charge in [0, 0.05) is 29.4 Å². The van der Waals surface area contributed by atoms with E-state index < -0.39 is 0 Å². The summed E-state index contributed by atoms with van der Waals surface area (Å²) in [5, 5.41) is 4.16. The summed E-state index contributed by atoms with van der Waals surface area (Å²) in [7, 11) is 0. The molecule has 2 aromatic rings. The van der Waals surface area contributed by atoms with Crippen LogP contribution in [0.2, 0.25) is 0 Å². The summed E-state index contributed by atoms with van der Waals surface area (Å²) >= 11 is 5.05.